The summed E-state index contributed by atoms with van der Waals surface area (Å²) < 4.78 is 40.6. The molecule has 7 heteroatoms. The number of rotatable bonds is 2. The van der Waals surface area contributed by atoms with Crippen molar-refractivity contribution in [3.05, 3.63) is 62.8 Å². The molecule has 0 aliphatic heterocycles. The van der Waals surface area contributed by atoms with E-state index in [1.54, 1.807) is 4.57 Å². The number of nitrogens with zero attached hydrogens (tertiary/aromatic N) is 2. The molecule has 3 rings (SSSR count). The van der Waals surface area contributed by atoms with Gasteiger partial charge in [0, 0.05) is 23.3 Å². The minimum absolute atomic E-state index is 0.234. The lowest BCUT2D eigenvalue weighted by molar-refractivity contribution is -0.139. The molecule has 0 atom stereocenters. The molecule has 0 aliphatic rings. The molecule has 0 aliphatic carbocycles. The van der Waals surface area contributed by atoms with Gasteiger partial charge in [-0.25, -0.2) is 0 Å². The van der Waals surface area contributed by atoms with Gasteiger partial charge in [-0.15, -0.1) is 11.3 Å². The molecule has 3 heterocycles. The molecule has 0 unspecified atom stereocenters. The molecular formula is C14H9F3N2OS. The molecule has 0 radical (unpaired) electrons. The summed E-state index contributed by atoms with van der Waals surface area (Å²) in [5.41, 5.74) is -1.57. The summed E-state index contributed by atoms with van der Waals surface area (Å²) in [6.07, 6.45) is -2.07. The first-order valence-corrected chi connectivity index (χ1v) is 6.92. The Bertz CT molecular complexity index is 838. The van der Waals surface area contributed by atoms with Crippen molar-refractivity contribution in [1.29, 1.82) is 0 Å². The van der Waals surface area contributed by atoms with Gasteiger partial charge in [-0.2, -0.15) is 13.2 Å². The Kier molecular flexibility index (Phi) is 3.29. The largest absolute Gasteiger partial charge is 0.434 e. The lowest BCUT2D eigenvalue weighted by Crippen LogP contribution is -2.16. The van der Waals surface area contributed by atoms with Crippen LogP contribution in [0.1, 0.15) is 10.6 Å². The molecule has 0 bridgehead atoms. The zero-order chi connectivity index (χ0) is 15.0. The van der Waals surface area contributed by atoms with Gasteiger partial charge in [0.2, 0.25) is 0 Å². The first-order valence-electron chi connectivity index (χ1n) is 6.04. The second-order valence-electron chi connectivity index (χ2n) is 4.44. The van der Waals surface area contributed by atoms with Crippen LogP contribution in [0.15, 0.2) is 46.8 Å². The molecule has 0 saturated heterocycles. The summed E-state index contributed by atoms with van der Waals surface area (Å²) in [6, 6.07) is 6.33. The van der Waals surface area contributed by atoms with E-state index >= 15 is 0 Å². The zero-order valence-corrected chi connectivity index (χ0v) is 11.4. The second-order valence-corrected chi connectivity index (χ2v) is 5.47. The summed E-state index contributed by atoms with van der Waals surface area (Å²) in [6.45, 7) is 0.412. The highest BCUT2D eigenvalue weighted by Gasteiger charge is 2.35. The maximum Gasteiger partial charge on any atom is 0.434 e. The van der Waals surface area contributed by atoms with E-state index in [4.69, 9.17) is 0 Å². The maximum atomic E-state index is 13.0. The summed E-state index contributed by atoms with van der Waals surface area (Å²) in [7, 11) is 0. The van der Waals surface area contributed by atoms with Crippen LogP contribution in [-0.4, -0.2) is 9.55 Å². The molecule has 0 fully saturated rings. The molecule has 0 amide bonds. The van der Waals surface area contributed by atoms with E-state index in [0.29, 0.717) is 6.54 Å². The van der Waals surface area contributed by atoms with Gasteiger partial charge in [0.05, 0.1) is 17.4 Å². The molecule has 0 spiro atoms. The predicted molar refractivity (Wildman–Crippen MR) is 74.4 cm³/mol. The van der Waals surface area contributed by atoms with E-state index in [-0.39, 0.29) is 10.9 Å². The minimum Gasteiger partial charge on any atom is -0.342 e. The average Bonchev–Trinajstić information content (AvgIpc) is 2.93. The Morgan fingerprint density at radius 3 is 2.71 bits per heavy atom. The molecule has 0 aromatic carbocycles. The van der Waals surface area contributed by atoms with Crippen LogP contribution >= 0.6 is 11.3 Å². The van der Waals surface area contributed by atoms with Gasteiger partial charge in [-0.3, -0.25) is 9.78 Å². The lowest BCUT2D eigenvalue weighted by Gasteiger charge is -2.13. The molecule has 21 heavy (non-hydrogen) atoms. The van der Waals surface area contributed by atoms with Crippen LogP contribution < -0.4 is 5.43 Å². The minimum atomic E-state index is -4.65. The van der Waals surface area contributed by atoms with Crippen molar-refractivity contribution < 1.29 is 13.2 Å². The fraction of sp³-hybridized carbons (Fsp3) is 0.143. The molecular weight excluding hydrogens is 301 g/mol. The number of thiophene rings is 1. The highest BCUT2D eigenvalue weighted by atomic mass is 32.1. The third kappa shape index (κ3) is 2.56. The van der Waals surface area contributed by atoms with E-state index in [0.717, 1.165) is 17.1 Å². The second kappa shape index (κ2) is 5.00. The first kappa shape index (κ1) is 13.8. The van der Waals surface area contributed by atoms with Gasteiger partial charge in [0.25, 0.3) is 0 Å². The normalized spacial score (nSPS) is 12.0. The SMILES string of the molecule is O=c1ccn(Cc2cccs2)c2ccnc(C(F)(F)F)c12. The molecule has 0 N–H and O–H groups in total. The Balaban J connectivity index is 2.25. The van der Waals surface area contributed by atoms with Crippen molar-refractivity contribution >= 4 is 22.2 Å². The zero-order valence-electron chi connectivity index (χ0n) is 10.6. The van der Waals surface area contributed by atoms with Crippen molar-refractivity contribution in [1.82, 2.24) is 9.55 Å². The van der Waals surface area contributed by atoms with Crippen molar-refractivity contribution in [3.63, 3.8) is 0 Å². The van der Waals surface area contributed by atoms with Crippen LogP contribution in [0.2, 0.25) is 0 Å². The monoisotopic (exact) mass is 310 g/mol. The summed E-state index contributed by atoms with van der Waals surface area (Å²) in [5.74, 6) is 0. The standard InChI is InChI=1S/C14H9F3N2OS/c15-14(16,17)13-12-10(3-5-18-13)19(6-4-11(12)20)8-9-2-1-7-21-9/h1-7H,8H2. The van der Waals surface area contributed by atoms with E-state index in [1.165, 1.54) is 23.6 Å². The number of alkyl halides is 3. The van der Waals surface area contributed by atoms with Gasteiger partial charge in [-0.1, -0.05) is 6.07 Å². The Hall–Kier alpha value is -2.15. The summed E-state index contributed by atoms with van der Waals surface area (Å²) >= 11 is 1.50. The molecule has 3 nitrogen and oxygen atoms in total. The van der Waals surface area contributed by atoms with Crippen molar-refractivity contribution in [2.24, 2.45) is 0 Å². The topological polar surface area (TPSA) is 34.9 Å². The predicted octanol–water partition coefficient (Wildman–Crippen LogP) is 3.53. The van der Waals surface area contributed by atoms with Gasteiger partial charge >= 0.3 is 6.18 Å². The Morgan fingerprint density at radius 1 is 1.24 bits per heavy atom. The van der Waals surface area contributed by atoms with Gasteiger partial charge < -0.3 is 4.57 Å². The van der Waals surface area contributed by atoms with Crippen molar-refractivity contribution in [3.8, 4) is 0 Å². The number of pyridine rings is 2. The number of halogens is 3. The third-order valence-electron chi connectivity index (χ3n) is 3.07. The quantitative estimate of drug-likeness (QED) is 0.726. The van der Waals surface area contributed by atoms with Gasteiger partial charge in [0.1, 0.15) is 0 Å². The Morgan fingerprint density at radius 2 is 2.05 bits per heavy atom. The maximum absolute atomic E-state index is 13.0. The smallest absolute Gasteiger partial charge is 0.342 e. The number of fused-ring (bicyclic) bond motifs is 1. The van der Waals surface area contributed by atoms with Crippen LogP contribution in [-0.2, 0) is 12.7 Å². The summed E-state index contributed by atoms with van der Waals surface area (Å²) in [5, 5.41) is 1.51. The van der Waals surface area contributed by atoms with Crippen LogP contribution in [0.4, 0.5) is 13.2 Å². The number of hydrogen-bond donors (Lipinski definition) is 0. The fourth-order valence-electron chi connectivity index (χ4n) is 2.18. The van der Waals surface area contributed by atoms with Crippen molar-refractivity contribution in [2.75, 3.05) is 0 Å². The highest BCUT2D eigenvalue weighted by Crippen LogP contribution is 2.31. The fourth-order valence-corrected chi connectivity index (χ4v) is 2.88. The average molecular weight is 310 g/mol. The van der Waals surface area contributed by atoms with E-state index in [1.807, 2.05) is 17.5 Å². The van der Waals surface area contributed by atoms with Crippen LogP contribution in [0, 0.1) is 0 Å². The lowest BCUT2D eigenvalue weighted by atomic mass is 10.1. The van der Waals surface area contributed by atoms with Crippen LogP contribution in [0.25, 0.3) is 10.9 Å². The van der Waals surface area contributed by atoms with Gasteiger partial charge in [0.15, 0.2) is 11.1 Å². The van der Waals surface area contributed by atoms with E-state index in [9.17, 15) is 18.0 Å². The molecule has 3 aromatic heterocycles. The molecule has 108 valence electrons. The van der Waals surface area contributed by atoms with E-state index in [2.05, 4.69) is 4.98 Å². The van der Waals surface area contributed by atoms with Crippen LogP contribution in [0.3, 0.4) is 0 Å². The van der Waals surface area contributed by atoms with Crippen molar-refractivity contribution in [2.45, 2.75) is 12.7 Å². The Labute approximate surface area is 121 Å². The van der Waals surface area contributed by atoms with Gasteiger partial charge in [-0.05, 0) is 17.5 Å². The van der Waals surface area contributed by atoms with E-state index < -0.39 is 17.3 Å². The van der Waals surface area contributed by atoms with Crippen LogP contribution in [0.5, 0.6) is 0 Å². The summed E-state index contributed by atoms with van der Waals surface area (Å²) in [4.78, 5) is 16.2. The number of aromatic nitrogens is 2. The highest BCUT2D eigenvalue weighted by molar-refractivity contribution is 7.09. The molecule has 3 aromatic rings. The number of hydrogen-bond acceptors (Lipinski definition) is 3. The molecule has 0 saturated carbocycles. The first-order chi connectivity index (χ1) is 9.97. The third-order valence-corrected chi connectivity index (χ3v) is 3.93.